The molecule has 4 heteroatoms. The van der Waals surface area contributed by atoms with E-state index in [2.05, 4.69) is 219 Å². The fourth-order valence-electron chi connectivity index (χ4n) is 11.2. The van der Waals surface area contributed by atoms with Crippen LogP contribution in [-0.2, 0) is 10.8 Å². The third-order valence-electron chi connectivity index (χ3n) is 14.1. The maximum absolute atomic E-state index is 5.21. The van der Waals surface area contributed by atoms with Crippen LogP contribution in [0, 0.1) is 0 Å². The van der Waals surface area contributed by atoms with Gasteiger partial charge in [-0.2, -0.15) is 0 Å². The number of benzene rings is 9. The number of hydrogen-bond acceptors (Lipinski definition) is 3. The number of fused-ring (bicyclic) bond motifs is 12. The van der Waals surface area contributed by atoms with E-state index in [1.807, 2.05) is 18.2 Å². The summed E-state index contributed by atoms with van der Waals surface area (Å²) in [6.07, 6.45) is 0. The van der Waals surface area contributed by atoms with Crippen LogP contribution in [0.15, 0.2) is 218 Å². The lowest BCUT2D eigenvalue weighted by Crippen LogP contribution is -2.40. The molecule has 4 nitrogen and oxygen atoms in total. The first kappa shape index (κ1) is 37.4. The lowest BCUT2D eigenvalue weighted by atomic mass is 9.55. The minimum absolute atomic E-state index is 0.248. The van der Waals surface area contributed by atoms with Crippen molar-refractivity contribution in [2.75, 3.05) is 0 Å². The van der Waals surface area contributed by atoms with Crippen LogP contribution in [0.5, 0.6) is 0 Å². The minimum atomic E-state index is -0.425. The highest BCUT2D eigenvalue weighted by molar-refractivity contribution is 6.09. The Hall–Kier alpha value is -8.21. The van der Waals surface area contributed by atoms with Gasteiger partial charge >= 0.3 is 0 Å². The Morgan fingerprint density at radius 1 is 0.323 bits per heavy atom. The standard InChI is InChI=1S/C61H42N4/c1-60(2)51-27-12-13-28-52(51)61(49-25-10-6-21-45(49)46-22-7-11-26-50(46)61)53-36-33-42(38-54(53)60)41-19-16-20-43(37-41)59-63-57(39-17-4-3-5-18-39)62-58(64-59)40-31-34-44(35-32-40)65-55-29-14-8-23-47(55)48-24-9-15-30-56(48)65/h3-38H,1-2H3. The predicted octanol–water partition coefficient (Wildman–Crippen LogP) is 14.6. The molecule has 0 aliphatic heterocycles. The van der Waals surface area contributed by atoms with E-state index in [1.54, 1.807) is 0 Å². The van der Waals surface area contributed by atoms with Gasteiger partial charge in [0.15, 0.2) is 17.5 Å². The first-order chi connectivity index (χ1) is 32.0. The molecule has 2 heterocycles. The van der Waals surface area contributed by atoms with Gasteiger partial charge in [0.1, 0.15) is 0 Å². The van der Waals surface area contributed by atoms with Crippen molar-refractivity contribution in [3.05, 3.63) is 252 Å². The average Bonchev–Trinajstić information content (AvgIpc) is 3.87. The first-order valence-corrected chi connectivity index (χ1v) is 22.4. The van der Waals surface area contributed by atoms with Gasteiger partial charge in [0.25, 0.3) is 0 Å². The Morgan fingerprint density at radius 3 is 1.42 bits per heavy atom. The van der Waals surface area contributed by atoms with Gasteiger partial charge in [0.05, 0.1) is 16.4 Å². The highest BCUT2D eigenvalue weighted by Gasteiger charge is 2.53. The predicted molar refractivity (Wildman–Crippen MR) is 265 cm³/mol. The molecule has 0 atom stereocenters. The third-order valence-corrected chi connectivity index (χ3v) is 14.1. The molecule has 0 N–H and O–H groups in total. The Balaban J connectivity index is 0.935. The fourth-order valence-corrected chi connectivity index (χ4v) is 11.2. The zero-order valence-electron chi connectivity index (χ0n) is 36.1. The van der Waals surface area contributed by atoms with Crippen molar-refractivity contribution in [1.82, 2.24) is 19.5 Å². The molecule has 2 aliphatic rings. The molecule has 0 saturated carbocycles. The molecule has 2 aromatic heterocycles. The zero-order chi connectivity index (χ0) is 43.3. The second-order valence-electron chi connectivity index (χ2n) is 17.9. The van der Waals surface area contributed by atoms with E-state index >= 15 is 0 Å². The second kappa shape index (κ2) is 14.2. The van der Waals surface area contributed by atoms with Crippen molar-refractivity contribution >= 4 is 21.8 Å². The van der Waals surface area contributed by atoms with Gasteiger partial charge in [0, 0.05) is 38.6 Å². The maximum Gasteiger partial charge on any atom is 0.164 e. The fraction of sp³-hybridized carbons (Fsp3) is 0.0656. The summed E-state index contributed by atoms with van der Waals surface area (Å²) in [6, 6.07) is 79.0. The summed E-state index contributed by atoms with van der Waals surface area (Å²) in [5, 5.41) is 2.48. The van der Waals surface area contributed by atoms with Gasteiger partial charge in [-0.3, -0.25) is 0 Å². The van der Waals surface area contributed by atoms with Gasteiger partial charge in [0.2, 0.25) is 0 Å². The second-order valence-corrected chi connectivity index (χ2v) is 17.9. The molecule has 0 radical (unpaired) electrons. The largest absolute Gasteiger partial charge is 0.309 e. The van der Waals surface area contributed by atoms with Gasteiger partial charge in [-0.05, 0) is 104 Å². The molecular weight excluding hydrogens is 789 g/mol. The van der Waals surface area contributed by atoms with Crippen LogP contribution in [0.1, 0.15) is 47.2 Å². The Labute approximate surface area is 378 Å². The molecule has 0 saturated heterocycles. The summed E-state index contributed by atoms with van der Waals surface area (Å²) in [5.41, 5.74) is 18.6. The van der Waals surface area contributed by atoms with Crippen molar-refractivity contribution in [3.63, 3.8) is 0 Å². The summed E-state index contributed by atoms with van der Waals surface area (Å²) < 4.78 is 2.33. The zero-order valence-corrected chi connectivity index (χ0v) is 36.1. The molecule has 0 bridgehead atoms. The summed E-state index contributed by atoms with van der Waals surface area (Å²) in [7, 11) is 0. The van der Waals surface area contributed by atoms with E-state index in [-0.39, 0.29) is 5.41 Å². The van der Waals surface area contributed by atoms with Crippen LogP contribution in [0.25, 0.3) is 83.9 Å². The summed E-state index contributed by atoms with van der Waals surface area (Å²) >= 11 is 0. The molecule has 13 rings (SSSR count). The minimum Gasteiger partial charge on any atom is -0.309 e. The lowest BCUT2D eigenvalue weighted by Gasteiger charge is -2.46. The number of aromatic nitrogens is 4. The Morgan fingerprint density at radius 2 is 0.769 bits per heavy atom. The normalized spacial score (nSPS) is 13.9. The molecular formula is C61H42N4. The molecule has 0 fully saturated rings. The Bertz CT molecular complexity index is 3590. The van der Waals surface area contributed by atoms with E-state index < -0.39 is 5.41 Å². The van der Waals surface area contributed by atoms with Crippen molar-refractivity contribution < 1.29 is 0 Å². The molecule has 306 valence electrons. The van der Waals surface area contributed by atoms with E-state index in [0.29, 0.717) is 17.5 Å². The SMILES string of the molecule is CC1(C)c2ccccc2C2(c3ccccc3-c3ccccc32)c2ccc(-c3cccc(-c4nc(-c5ccccc5)nc(-c5ccc(-n6c7ccccc7c7ccccc76)cc5)n4)c3)cc21. The molecule has 2 aliphatic carbocycles. The number of nitrogens with zero attached hydrogens (tertiary/aromatic N) is 4. The summed E-state index contributed by atoms with van der Waals surface area (Å²) in [4.78, 5) is 15.4. The summed E-state index contributed by atoms with van der Waals surface area (Å²) in [6.45, 7) is 4.77. The average molecular weight is 831 g/mol. The molecule has 0 unspecified atom stereocenters. The van der Waals surface area contributed by atoms with Gasteiger partial charge in [-0.1, -0.05) is 184 Å². The molecule has 9 aromatic carbocycles. The van der Waals surface area contributed by atoms with Gasteiger partial charge in [-0.15, -0.1) is 0 Å². The van der Waals surface area contributed by atoms with Gasteiger partial charge < -0.3 is 4.57 Å². The molecule has 0 amide bonds. The van der Waals surface area contributed by atoms with E-state index in [9.17, 15) is 0 Å². The highest BCUT2D eigenvalue weighted by Crippen LogP contribution is 2.62. The van der Waals surface area contributed by atoms with E-state index in [1.165, 1.54) is 66.3 Å². The number of rotatable bonds is 5. The molecule has 65 heavy (non-hydrogen) atoms. The lowest BCUT2D eigenvalue weighted by molar-refractivity contribution is 0.563. The molecule has 11 aromatic rings. The van der Waals surface area contributed by atoms with Crippen LogP contribution < -0.4 is 0 Å². The summed E-state index contributed by atoms with van der Waals surface area (Å²) in [5.74, 6) is 1.90. The number of para-hydroxylation sites is 2. The maximum atomic E-state index is 5.21. The van der Waals surface area contributed by atoms with Crippen LogP contribution in [0.2, 0.25) is 0 Å². The van der Waals surface area contributed by atoms with Crippen molar-refractivity contribution in [2.24, 2.45) is 0 Å². The monoisotopic (exact) mass is 830 g/mol. The van der Waals surface area contributed by atoms with Crippen LogP contribution >= 0.6 is 0 Å². The Kier molecular flexibility index (Phi) is 8.13. The van der Waals surface area contributed by atoms with Gasteiger partial charge in [-0.25, -0.2) is 15.0 Å². The van der Waals surface area contributed by atoms with Crippen LogP contribution in [0.3, 0.4) is 0 Å². The van der Waals surface area contributed by atoms with E-state index in [4.69, 9.17) is 15.0 Å². The third kappa shape index (κ3) is 5.47. The highest BCUT2D eigenvalue weighted by atomic mass is 15.0. The first-order valence-electron chi connectivity index (χ1n) is 22.4. The van der Waals surface area contributed by atoms with Crippen LogP contribution in [0.4, 0.5) is 0 Å². The van der Waals surface area contributed by atoms with Crippen LogP contribution in [-0.4, -0.2) is 19.5 Å². The molecule has 1 spiro atoms. The number of hydrogen-bond donors (Lipinski definition) is 0. The topological polar surface area (TPSA) is 43.6 Å². The van der Waals surface area contributed by atoms with Crippen molar-refractivity contribution in [2.45, 2.75) is 24.7 Å². The van der Waals surface area contributed by atoms with E-state index in [0.717, 1.165) is 33.5 Å². The van der Waals surface area contributed by atoms with Crippen molar-refractivity contribution in [3.8, 4) is 62.1 Å². The van der Waals surface area contributed by atoms with Crippen molar-refractivity contribution in [1.29, 1.82) is 0 Å². The smallest absolute Gasteiger partial charge is 0.164 e. The quantitative estimate of drug-likeness (QED) is 0.174.